The van der Waals surface area contributed by atoms with Gasteiger partial charge in [-0.1, -0.05) is 24.3 Å². The van der Waals surface area contributed by atoms with Gasteiger partial charge in [0.05, 0.1) is 23.6 Å². The quantitative estimate of drug-likeness (QED) is 0.760. The number of halogens is 1. The largest absolute Gasteiger partial charge is 0.325 e. The van der Waals surface area contributed by atoms with Gasteiger partial charge in [0.2, 0.25) is 0 Å². The van der Waals surface area contributed by atoms with E-state index in [-0.39, 0.29) is 29.9 Å². The third-order valence-corrected chi connectivity index (χ3v) is 7.07. The average molecular weight is 388 g/mol. The SMILES string of the molecule is Cc1ccc(C)c(N2C(=O)N(Cc3ccc(F)cc3)C3CS(=O)(=O)CC32)c1. The molecule has 4 rings (SSSR count). The number of benzene rings is 2. The van der Waals surface area contributed by atoms with Gasteiger partial charge in [0.15, 0.2) is 9.84 Å². The summed E-state index contributed by atoms with van der Waals surface area (Å²) in [6.07, 6.45) is 0. The highest BCUT2D eigenvalue weighted by Crippen LogP contribution is 2.37. The number of rotatable bonds is 3. The number of hydrogen-bond donors (Lipinski definition) is 0. The average Bonchev–Trinajstić information content (AvgIpc) is 3.03. The second-order valence-corrected chi connectivity index (χ2v) is 9.56. The number of carbonyl (C=O) groups is 1. The van der Waals surface area contributed by atoms with Crippen LogP contribution in [0.3, 0.4) is 0 Å². The van der Waals surface area contributed by atoms with E-state index in [0.717, 1.165) is 22.4 Å². The van der Waals surface area contributed by atoms with Crippen molar-refractivity contribution in [1.29, 1.82) is 0 Å². The molecule has 0 aliphatic carbocycles. The lowest BCUT2D eigenvalue weighted by atomic mass is 10.1. The highest BCUT2D eigenvalue weighted by molar-refractivity contribution is 7.91. The molecule has 2 saturated heterocycles. The monoisotopic (exact) mass is 388 g/mol. The minimum atomic E-state index is -3.22. The Kier molecular flexibility index (Phi) is 4.22. The highest BCUT2D eigenvalue weighted by atomic mass is 32.2. The lowest BCUT2D eigenvalue weighted by Crippen LogP contribution is -2.38. The molecule has 2 heterocycles. The molecular weight excluding hydrogens is 367 g/mol. The van der Waals surface area contributed by atoms with Gasteiger partial charge in [-0.15, -0.1) is 0 Å². The van der Waals surface area contributed by atoms with Gasteiger partial charge in [-0.2, -0.15) is 0 Å². The second-order valence-electron chi connectivity index (χ2n) is 7.41. The fourth-order valence-electron chi connectivity index (χ4n) is 4.01. The van der Waals surface area contributed by atoms with Gasteiger partial charge in [-0.05, 0) is 48.7 Å². The molecule has 2 aliphatic heterocycles. The van der Waals surface area contributed by atoms with Crippen LogP contribution in [0.2, 0.25) is 0 Å². The van der Waals surface area contributed by atoms with Crippen LogP contribution in [0.1, 0.15) is 16.7 Å². The number of carbonyl (C=O) groups excluding carboxylic acids is 1. The minimum Gasteiger partial charge on any atom is -0.314 e. The Morgan fingerprint density at radius 2 is 1.70 bits per heavy atom. The maximum absolute atomic E-state index is 13.2. The summed E-state index contributed by atoms with van der Waals surface area (Å²) in [6, 6.07) is 10.8. The number of hydrogen-bond acceptors (Lipinski definition) is 3. The molecule has 0 saturated carbocycles. The predicted molar refractivity (Wildman–Crippen MR) is 102 cm³/mol. The van der Waals surface area contributed by atoms with Crippen LogP contribution >= 0.6 is 0 Å². The third kappa shape index (κ3) is 3.20. The van der Waals surface area contributed by atoms with Gasteiger partial charge < -0.3 is 4.90 Å². The van der Waals surface area contributed by atoms with Gasteiger partial charge in [-0.3, -0.25) is 4.90 Å². The third-order valence-electron chi connectivity index (χ3n) is 5.37. The van der Waals surface area contributed by atoms with Crippen LogP contribution in [0.4, 0.5) is 14.9 Å². The summed E-state index contributed by atoms with van der Waals surface area (Å²) in [4.78, 5) is 16.5. The number of fused-ring (bicyclic) bond motifs is 1. The fraction of sp³-hybridized carbons (Fsp3) is 0.350. The first-order chi connectivity index (χ1) is 12.7. The maximum atomic E-state index is 13.2. The normalized spacial score (nSPS) is 23.7. The Balaban J connectivity index is 1.73. The maximum Gasteiger partial charge on any atom is 0.325 e. The summed E-state index contributed by atoms with van der Waals surface area (Å²) in [6.45, 7) is 4.13. The van der Waals surface area contributed by atoms with E-state index in [0.29, 0.717) is 0 Å². The van der Waals surface area contributed by atoms with Crippen molar-refractivity contribution in [1.82, 2.24) is 4.90 Å². The molecular formula is C20H21FN2O3S. The van der Waals surface area contributed by atoms with E-state index < -0.39 is 21.9 Å². The summed E-state index contributed by atoms with van der Waals surface area (Å²) >= 11 is 0. The van der Waals surface area contributed by atoms with E-state index in [1.54, 1.807) is 21.9 Å². The van der Waals surface area contributed by atoms with Crippen LogP contribution < -0.4 is 4.90 Å². The first-order valence-electron chi connectivity index (χ1n) is 8.87. The van der Waals surface area contributed by atoms with Gasteiger partial charge in [0, 0.05) is 12.2 Å². The molecule has 2 aromatic rings. The van der Waals surface area contributed by atoms with E-state index in [4.69, 9.17) is 0 Å². The predicted octanol–water partition coefficient (Wildman–Crippen LogP) is 3.05. The first kappa shape index (κ1) is 18.0. The lowest BCUT2D eigenvalue weighted by Gasteiger charge is -2.24. The zero-order valence-electron chi connectivity index (χ0n) is 15.2. The molecule has 2 unspecified atom stereocenters. The number of sulfone groups is 1. The summed E-state index contributed by atoms with van der Waals surface area (Å²) < 4.78 is 37.8. The molecule has 0 spiro atoms. The van der Waals surface area contributed by atoms with E-state index in [1.807, 2.05) is 32.0 Å². The molecule has 2 atom stereocenters. The lowest BCUT2D eigenvalue weighted by molar-refractivity contribution is 0.206. The van der Waals surface area contributed by atoms with Crippen LogP contribution in [0.25, 0.3) is 0 Å². The molecule has 7 heteroatoms. The van der Waals surface area contributed by atoms with Gasteiger partial charge in [0.1, 0.15) is 5.82 Å². The standard InChI is InChI=1S/C20H21FN2O3S/c1-13-3-4-14(2)17(9-13)23-19-12-27(25,26)11-18(19)22(20(23)24)10-15-5-7-16(21)8-6-15/h3-9,18-19H,10-12H2,1-2H3. The number of urea groups is 1. The van der Waals surface area contributed by atoms with Gasteiger partial charge >= 0.3 is 6.03 Å². The molecule has 27 heavy (non-hydrogen) atoms. The van der Waals surface area contributed by atoms with Crippen LogP contribution in [0.5, 0.6) is 0 Å². The zero-order valence-corrected chi connectivity index (χ0v) is 16.0. The molecule has 0 N–H and O–H groups in total. The number of anilines is 1. The van der Waals surface area contributed by atoms with Crippen LogP contribution in [-0.4, -0.2) is 42.9 Å². The topological polar surface area (TPSA) is 57.7 Å². The van der Waals surface area contributed by atoms with Crippen molar-refractivity contribution < 1.29 is 17.6 Å². The Morgan fingerprint density at radius 1 is 1.04 bits per heavy atom. The Labute approximate surface area is 158 Å². The van der Waals surface area contributed by atoms with E-state index in [9.17, 15) is 17.6 Å². The van der Waals surface area contributed by atoms with Crippen LogP contribution in [0.15, 0.2) is 42.5 Å². The highest BCUT2D eigenvalue weighted by Gasteiger charge is 2.54. The van der Waals surface area contributed by atoms with Crippen molar-refractivity contribution in [3.8, 4) is 0 Å². The van der Waals surface area contributed by atoms with Crippen molar-refractivity contribution in [2.24, 2.45) is 0 Å². The second kappa shape index (κ2) is 6.34. The first-order valence-corrected chi connectivity index (χ1v) is 10.7. The zero-order chi connectivity index (χ0) is 19.3. The van der Waals surface area contributed by atoms with E-state index >= 15 is 0 Å². The van der Waals surface area contributed by atoms with Crippen molar-refractivity contribution in [3.63, 3.8) is 0 Å². The van der Waals surface area contributed by atoms with E-state index in [2.05, 4.69) is 0 Å². The van der Waals surface area contributed by atoms with Crippen LogP contribution in [-0.2, 0) is 16.4 Å². The summed E-state index contributed by atoms with van der Waals surface area (Å²) in [5.41, 5.74) is 3.47. The van der Waals surface area contributed by atoms with Gasteiger partial charge in [0.25, 0.3) is 0 Å². The smallest absolute Gasteiger partial charge is 0.314 e. The molecule has 5 nitrogen and oxygen atoms in total. The number of nitrogens with zero attached hydrogens (tertiary/aromatic N) is 2. The Morgan fingerprint density at radius 3 is 2.41 bits per heavy atom. The Hall–Kier alpha value is -2.41. The van der Waals surface area contributed by atoms with Crippen molar-refractivity contribution in [2.45, 2.75) is 32.5 Å². The molecule has 2 fully saturated rings. The fourth-order valence-corrected chi connectivity index (χ4v) is 5.96. The van der Waals surface area contributed by atoms with Crippen molar-refractivity contribution in [2.75, 3.05) is 16.4 Å². The summed E-state index contributed by atoms with van der Waals surface area (Å²) in [5.74, 6) is -0.410. The van der Waals surface area contributed by atoms with Crippen molar-refractivity contribution >= 4 is 21.6 Å². The minimum absolute atomic E-state index is 0.0310. The van der Waals surface area contributed by atoms with Crippen molar-refractivity contribution in [3.05, 3.63) is 65.0 Å². The number of amides is 2. The molecule has 2 amide bonds. The molecule has 0 aromatic heterocycles. The molecule has 2 aliphatic rings. The molecule has 142 valence electrons. The molecule has 2 aromatic carbocycles. The molecule has 0 radical (unpaired) electrons. The Bertz CT molecular complexity index is 1000. The summed E-state index contributed by atoms with van der Waals surface area (Å²) in [5, 5.41) is 0. The van der Waals surface area contributed by atoms with Crippen LogP contribution in [0, 0.1) is 19.7 Å². The van der Waals surface area contributed by atoms with E-state index in [1.165, 1.54) is 12.1 Å². The number of aryl methyl sites for hydroxylation is 2. The molecule has 0 bridgehead atoms. The van der Waals surface area contributed by atoms with Gasteiger partial charge in [-0.25, -0.2) is 17.6 Å². The summed E-state index contributed by atoms with van der Waals surface area (Å²) in [7, 11) is -3.22.